The summed E-state index contributed by atoms with van der Waals surface area (Å²) in [5, 5.41) is 2.01. The van der Waals surface area contributed by atoms with Gasteiger partial charge in [0.25, 0.3) is 5.91 Å². The van der Waals surface area contributed by atoms with Crippen molar-refractivity contribution in [3.63, 3.8) is 0 Å². The van der Waals surface area contributed by atoms with E-state index in [2.05, 4.69) is 4.90 Å². The number of carbonyl (C=O) groups is 1. The van der Waals surface area contributed by atoms with E-state index in [0.717, 1.165) is 31.5 Å². The van der Waals surface area contributed by atoms with Crippen LogP contribution in [0, 0.1) is 11.6 Å². The molecule has 1 fully saturated rings. The van der Waals surface area contributed by atoms with Gasteiger partial charge in [0.2, 0.25) is 0 Å². The molecule has 0 aliphatic carbocycles. The van der Waals surface area contributed by atoms with E-state index in [1.54, 1.807) is 29.2 Å². The summed E-state index contributed by atoms with van der Waals surface area (Å²) in [6.45, 7) is 2.28. The number of piperidine rings is 1. The van der Waals surface area contributed by atoms with Crippen molar-refractivity contribution >= 4 is 34.5 Å². The smallest absolute Gasteiger partial charge is 0.268 e. The number of nitrogens with zero attached hydrogens (tertiary/aromatic N) is 2. The van der Waals surface area contributed by atoms with Gasteiger partial charge in [0, 0.05) is 31.4 Å². The van der Waals surface area contributed by atoms with Gasteiger partial charge in [0.15, 0.2) is 0 Å². The molecule has 2 aromatic carbocycles. The summed E-state index contributed by atoms with van der Waals surface area (Å²) in [4.78, 5) is 18.0. The molecule has 7 heteroatoms. The summed E-state index contributed by atoms with van der Waals surface area (Å²) in [5.41, 5.74) is 1.67. The molecule has 1 amide bonds. The first kappa shape index (κ1) is 21.0. The zero-order valence-corrected chi connectivity index (χ0v) is 17.8. The van der Waals surface area contributed by atoms with Crippen LogP contribution >= 0.6 is 22.9 Å². The lowest BCUT2D eigenvalue weighted by molar-refractivity contribution is 0.0962. The van der Waals surface area contributed by atoms with Crippen molar-refractivity contribution in [2.75, 3.05) is 18.0 Å². The fourth-order valence-corrected chi connectivity index (χ4v) is 4.71. The van der Waals surface area contributed by atoms with Gasteiger partial charge in [-0.3, -0.25) is 9.69 Å². The van der Waals surface area contributed by atoms with Gasteiger partial charge in [-0.15, -0.1) is 11.3 Å². The molecule has 1 aliphatic heterocycles. The Kier molecular flexibility index (Phi) is 6.46. The maximum Gasteiger partial charge on any atom is 0.268 e. The van der Waals surface area contributed by atoms with Crippen LogP contribution in [0.2, 0.25) is 5.02 Å². The second-order valence-electron chi connectivity index (χ2n) is 7.38. The van der Waals surface area contributed by atoms with Gasteiger partial charge in [0.1, 0.15) is 11.6 Å². The van der Waals surface area contributed by atoms with Crippen LogP contribution in [0.4, 0.5) is 14.5 Å². The minimum atomic E-state index is -0.416. The van der Waals surface area contributed by atoms with Crippen molar-refractivity contribution in [3.05, 3.63) is 87.1 Å². The van der Waals surface area contributed by atoms with Crippen molar-refractivity contribution in [2.24, 2.45) is 0 Å². The number of anilines is 1. The summed E-state index contributed by atoms with van der Waals surface area (Å²) >= 11 is 7.30. The normalized spacial score (nSPS) is 15.3. The van der Waals surface area contributed by atoms with Crippen LogP contribution in [0.3, 0.4) is 0 Å². The summed E-state index contributed by atoms with van der Waals surface area (Å²) in [7, 11) is 0. The van der Waals surface area contributed by atoms with Crippen molar-refractivity contribution in [3.8, 4) is 0 Å². The molecule has 30 heavy (non-hydrogen) atoms. The molecular weight excluding hydrogens is 426 g/mol. The average Bonchev–Trinajstić information content (AvgIpc) is 3.28. The van der Waals surface area contributed by atoms with Gasteiger partial charge in [-0.05, 0) is 66.2 Å². The summed E-state index contributed by atoms with van der Waals surface area (Å²) in [6, 6.07) is 14.6. The van der Waals surface area contributed by atoms with Crippen LogP contribution in [0.5, 0.6) is 0 Å². The molecule has 0 N–H and O–H groups in total. The molecule has 2 heterocycles. The molecule has 0 bridgehead atoms. The molecule has 1 aromatic heterocycles. The van der Waals surface area contributed by atoms with E-state index >= 15 is 0 Å². The zero-order valence-electron chi connectivity index (χ0n) is 16.2. The third-order valence-electron chi connectivity index (χ3n) is 5.37. The molecule has 1 saturated heterocycles. The predicted molar refractivity (Wildman–Crippen MR) is 117 cm³/mol. The highest BCUT2D eigenvalue weighted by Gasteiger charge is 2.30. The molecule has 0 saturated carbocycles. The first-order valence-corrected chi connectivity index (χ1v) is 11.1. The number of likely N-dealkylation sites (tertiary alicyclic amines) is 1. The van der Waals surface area contributed by atoms with E-state index in [1.165, 1.54) is 29.5 Å². The van der Waals surface area contributed by atoms with Crippen LogP contribution in [0.25, 0.3) is 0 Å². The van der Waals surface area contributed by atoms with E-state index in [-0.39, 0.29) is 22.8 Å². The molecule has 3 nitrogen and oxygen atoms in total. The molecule has 0 radical (unpaired) electrons. The topological polar surface area (TPSA) is 23.6 Å². The van der Waals surface area contributed by atoms with Gasteiger partial charge in [-0.2, -0.15) is 0 Å². The van der Waals surface area contributed by atoms with E-state index < -0.39 is 5.82 Å². The van der Waals surface area contributed by atoms with Crippen LogP contribution < -0.4 is 4.90 Å². The van der Waals surface area contributed by atoms with Crippen LogP contribution in [0.15, 0.2) is 60.0 Å². The molecule has 156 valence electrons. The number of rotatable bonds is 5. The lowest BCUT2D eigenvalue weighted by atomic mass is 10.0. The Bertz CT molecular complexity index is 1000. The number of carbonyl (C=O) groups excluding carboxylic acids is 1. The molecule has 3 aromatic rings. The number of hydrogen-bond acceptors (Lipinski definition) is 3. The number of amides is 1. The number of benzene rings is 2. The fourth-order valence-electron chi connectivity index (χ4n) is 3.85. The highest BCUT2D eigenvalue weighted by atomic mass is 35.5. The van der Waals surface area contributed by atoms with E-state index in [9.17, 15) is 13.6 Å². The van der Waals surface area contributed by atoms with Gasteiger partial charge in [-0.25, -0.2) is 8.78 Å². The molecular formula is C23H21ClF2N2OS. The second kappa shape index (κ2) is 9.25. The summed E-state index contributed by atoms with van der Waals surface area (Å²) in [5.74, 6) is -0.795. The molecule has 0 unspecified atom stereocenters. The van der Waals surface area contributed by atoms with Gasteiger partial charge < -0.3 is 4.90 Å². The number of thiophene rings is 1. The van der Waals surface area contributed by atoms with Crippen LogP contribution in [-0.4, -0.2) is 29.9 Å². The Morgan fingerprint density at radius 1 is 1.10 bits per heavy atom. The predicted octanol–water partition coefficient (Wildman–Crippen LogP) is 5.99. The minimum Gasteiger partial charge on any atom is -0.305 e. The van der Waals surface area contributed by atoms with Gasteiger partial charge in [0.05, 0.1) is 9.90 Å². The molecule has 1 aliphatic rings. The lowest BCUT2D eigenvalue weighted by Gasteiger charge is -2.38. The highest BCUT2D eigenvalue weighted by molar-refractivity contribution is 7.12. The third-order valence-corrected chi connectivity index (χ3v) is 6.52. The first-order valence-electron chi connectivity index (χ1n) is 9.80. The molecule has 0 spiro atoms. The van der Waals surface area contributed by atoms with E-state index in [1.807, 2.05) is 17.5 Å². The standard InChI is InChI=1S/C23H21ClF2N2OS/c24-20-14-16(3-8-21(20)26)15-27-11-9-19(10-12-27)28(18-6-4-17(25)5-7-18)23(29)22-2-1-13-30-22/h1-8,13-14,19H,9-12,15H2. The quantitative estimate of drug-likeness (QED) is 0.480. The largest absolute Gasteiger partial charge is 0.305 e. The highest BCUT2D eigenvalue weighted by Crippen LogP contribution is 2.28. The maximum atomic E-state index is 13.4. The van der Waals surface area contributed by atoms with Crippen molar-refractivity contribution < 1.29 is 13.6 Å². The monoisotopic (exact) mass is 446 g/mol. The number of halogens is 3. The Morgan fingerprint density at radius 2 is 1.83 bits per heavy atom. The van der Waals surface area contributed by atoms with Crippen LogP contribution in [0.1, 0.15) is 28.1 Å². The number of hydrogen-bond donors (Lipinski definition) is 0. The van der Waals surface area contributed by atoms with Crippen molar-refractivity contribution in [2.45, 2.75) is 25.4 Å². The van der Waals surface area contributed by atoms with Crippen LogP contribution in [-0.2, 0) is 6.54 Å². The minimum absolute atomic E-state index is 0.0260. The SMILES string of the molecule is O=C(c1cccs1)N(c1ccc(F)cc1)C1CCN(Cc2ccc(F)c(Cl)c2)CC1. The molecule has 0 atom stereocenters. The molecule has 4 rings (SSSR count). The Hall–Kier alpha value is -2.28. The third kappa shape index (κ3) is 4.72. The van der Waals surface area contributed by atoms with Crippen molar-refractivity contribution in [1.29, 1.82) is 0 Å². The maximum absolute atomic E-state index is 13.4. The summed E-state index contributed by atoms with van der Waals surface area (Å²) < 4.78 is 26.8. The first-order chi connectivity index (χ1) is 14.5. The van der Waals surface area contributed by atoms with Gasteiger partial charge >= 0.3 is 0 Å². The van der Waals surface area contributed by atoms with E-state index in [4.69, 9.17) is 11.6 Å². The van der Waals surface area contributed by atoms with Gasteiger partial charge in [-0.1, -0.05) is 23.7 Å². The Labute approximate surface area is 183 Å². The van der Waals surface area contributed by atoms with Crippen molar-refractivity contribution in [1.82, 2.24) is 4.90 Å². The lowest BCUT2D eigenvalue weighted by Crippen LogP contribution is -2.47. The zero-order chi connectivity index (χ0) is 21.1. The second-order valence-corrected chi connectivity index (χ2v) is 8.74. The fraction of sp³-hybridized carbons (Fsp3) is 0.261. The van der Waals surface area contributed by atoms with E-state index in [0.29, 0.717) is 17.1 Å². The Morgan fingerprint density at radius 3 is 2.47 bits per heavy atom. The average molecular weight is 447 g/mol. The Balaban J connectivity index is 1.48. The summed E-state index contributed by atoms with van der Waals surface area (Å²) in [6.07, 6.45) is 1.59.